The molecule has 0 bridgehead atoms. The van der Waals surface area contributed by atoms with E-state index in [2.05, 4.69) is 16.9 Å². The third-order valence-electron chi connectivity index (χ3n) is 8.07. The van der Waals surface area contributed by atoms with Crippen LogP contribution < -0.4 is 10.5 Å². The molecule has 12 heteroatoms. The van der Waals surface area contributed by atoms with Gasteiger partial charge in [-0.05, 0) is 18.4 Å². The maximum Gasteiger partial charge on any atom is 0.350 e. The molecule has 0 radical (unpaired) electrons. The van der Waals surface area contributed by atoms with Crippen molar-refractivity contribution in [3.05, 3.63) is 52.6 Å². The van der Waals surface area contributed by atoms with Gasteiger partial charge >= 0.3 is 7.60 Å². The van der Waals surface area contributed by atoms with Gasteiger partial charge < -0.3 is 28.7 Å². The smallest absolute Gasteiger partial charge is 0.350 e. The van der Waals surface area contributed by atoms with Crippen LogP contribution in [0.25, 0.3) is 11.2 Å². The molecule has 3 aromatic rings. The first-order valence-corrected chi connectivity index (χ1v) is 19.1. The predicted molar refractivity (Wildman–Crippen MR) is 184 cm³/mol. The summed E-state index contributed by atoms with van der Waals surface area (Å²) in [6.45, 7) is 5.16. The minimum atomic E-state index is -4.25. The summed E-state index contributed by atoms with van der Waals surface area (Å²) in [5.41, 5.74) is 1.34. The number of aromatic nitrogens is 4. The molecule has 0 aliphatic rings. The number of ether oxygens (including phenoxy) is 2. The van der Waals surface area contributed by atoms with E-state index in [1.165, 1.54) is 89.8 Å². The number of nitrogens with zero attached hydrogens (tertiary/aromatic N) is 4. The molecule has 2 aromatic heterocycles. The molecule has 0 aliphatic heterocycles. The van der Waals surface area contributed by atoms with E-state index >= 15 is 0 Å². The number of anilines is 1. The zero-order valence-corrected chi connectivity index (χ0v) is 28.7. The van der Waals surface area contributed by atoms with Gasteiger partial charge in [0.05, 0.1) is 12.9 Å². The summed E-state index contributed by atoms with van der Waals surface area (Å²) in [5.74, 6) is 0.436. The fraction of sp³-hybridized carbons (Fsp3) is 0.676. The standard InChI is InChI=1S/C34H56N5O6P/c1-2-3-4-5-6-7-8-9-10-11-12-13-14-18-24-44-25-19-22-38(27-30-20-16-15-17-21-30)34-36-32-31(33(40)37-34)35-28-39(32)23-26-45-29-46(41,42)43/h15-17,20-21,28H,2-14,18-19,22-27,29H2,1H3,(H,36,37,40)(H2,41,42,43). The van der Waals surface area contributed by atoms with Crippen LogP contribution in [0.15, 0.2) is 41.5 Å². The van der Waals surface area contributed by atoms with E-state index in [9.17, 15) is 9.36 Å². The van der Waals surface area contributed by atoms with Crippen LogP contribution in [0.3, 0.4) is 0 Å². The van der Waals surface area contributed by atoms with Gasteiger partial charge in [-0.15, -0.1) is 0 Å². The van der Waals surface area contributed by atoms with Gasteiger partial charge in [0.2, 0.25) is 5.95 Å². The fourth-order valence-corrected chi connectivity index (χ4v) is 5.89. The molecule has 0 saturated heterocycles. The molecule has 2 heterocycles. The average Bonchev–Trinajstić information content (AvgIpc) is 3.45. The zero-order chi connectivity index (χ0) is 32.9. The van der Waals surface area contributed by atoms with Crippen molar-refractivity contribution in [1.82, 2.24) is 19.5 Å². The van der Waals surface area contributed by atoms with Crippen LogP contribution in [-0.4, -0.2) is 62.0 Å². The number of rotatable bonds is 27. The van der Waals surface area contributed by atoms with Crippen molar-refractivity contribution < 1.29 is 23.8 Å². The molecule has 1 aromatic carbocycles. The topological polar surface area (TPSA) is 143 Å². The van der Waals surface area contributed by atoms with E-state index in [0.29, 0.717) is 31.3 Å². The Hall–Kier alpha value is -2.56. The SMILES string of the molecule is CCCCCCCCCCCCCCCCOCCCN(Cc1ccccc1)c1nc2c(ncn2CCOCP(=O)(O)O)c(=O)[nH]1. The van der Waals surface area contributed by atoms with Crippen LogP contribution in [-0.2, 0) is 27.1 Å². The van der Waals surface area contributed by atoms with Crippen LogP contribution in [0.4, 0.5) is 5.95 Å². The van der Waals surface area contributed by atoms with Crippen LogP contribution in [0.2, 0.25) is 0 Å². The first-order chi connectivity index (χ1) is 22.4. The van der Waals surface area contributed by atoms with Gasteiger partial charge in [0.25, 0.3) is 5.56 Å². The summed E-state index contributed by atoms with van der Waals surface area (Å²) in [7, 11) is -4.25. The molecule has 0 aliphatic carbocycles. The van der Waals surface area contributed by atoms with Gasteiger partial charge in [0, 0.05) is 32.8 Å². The summed E-state index contributed by atoms with van der Waals surface area (Å²) in [6.07, 6.45) is 20.3. The number of nitrogens with one attached hydrogen (secondary N) is 1. The minimum Gasteiger partial charge on any atom is -0.381 e. The summed E-state index contributed by atoms with van der Waals surface area (Å²) in [6, 6.07) is 10.0. The second kappa shape index (κ2) is 22.1. The quantitative estimate of drug-likeness (QED) is 0.0573. The number of hydrogen-bond acceptors (Lipinski definition) is 7. The highest BCUT2D eigenvalue weighted by Gasteiger charge is 2.17. The maximum absolute atomic E-state index is 12.9. The lowest BCUT2D eigenvalue weighted by molar-refractivity contribution is 0.128. The zero-order valence-electron chi connectivity index (χ0n) is 27.8. The molecule has 0 saturated carbocycles. The largest absolute Gasteiger partial charge is 0.381 e. The number of unbranched alkanes of at least 4 members (excludes halogenated alkanes) is 13. The molecule has 0 unspecified atom stereocenters. The Morgan fingerprint density at radius 1 is 0.826 bits per heavy atom. The van der Waals surface area contributed by atoms with E-state index in [4.69, 9.17) is 24.2 Å². The molecule has 0 fully saturated rings. The van der Waals surface area contributed by atoms with E-state index in [0.717, 1.165) is 25.0 Å². The second-order valence-electron chi connectivity index (χ2n) is 12.2. The average molecular weight is 662 g/mol. The Morgan fingerprint density at radius 2 is 1.43 bits per heavy atom. The molecule has 3 N–H and O–H groups in total. The Balaban J connectivity index is 1.39. The van der Waals surface area contributed by atoms with Crippen molar-refractivity contribution in [2.75, 3.05) is 37.6 Å². The summed E-state index contributed by atoms with van der Waals surface area (Å²) >= 11 is 0. The lowest BCUT2D eigenvalue weighted by Crippen LogP contribution is -2.29. The van der Waals surface area contributed by atoms with Crippen LogP contribution >= 0.6 is 7.60 Å². The number of fused-ring (bicyclic) bond motifs is 1. The predicted octanol–water partition coefficient (Wildman–Crippen LogP) is 7.17. The van der Waals surface area contributed by atoms with Crippen molar-refractivity contribution in [2.45, 2.75) is 116 Å². The Labute approximate surface area is 274 Å². The number of benzene rings is 1. The Kier molecular flexibility index (Phi) is 18.2. The number of hydrogen-bond donors (Lipinski definition) is 3. The van der Waals surface area contributed by atoms with Crippen molar-refractivity contribution in [3.8, 4) is 0 Å². The van der Waals surface area contributed by atoms with E-state index in [-0.39, 0.29) is 24.2 Å². The summed E-state index contributed by atoms with van der Waals surface area (Å²) in [4.78, 5) is 44.8. The maximum atomic E-state index is 12.9. The van der Waals surface area contributed by atoms with Crippen molar-refractivity contribution in [2.24, 2.45) is 0 Å². The Morgan fingerprint density at radius 3 is 2.07 bits per heavy atom. The molecule has 0 spiro atoms. The van der Waals surface area contributed by atoms with E-state index in [1.807, 2.05) is 35.2 Å². The number of imidazole rings is 1. The van der Waals surface area contributed by atoms with Gasteiger partial charge in [0.1, 0.15) is 6.35 Å². The van der Waals surface area contributed by atoms with Crippen LogP contribution in [0.5, 0.6) is 0 Å². The molecule has 11 nitrogen and oxygen atoms in total. The highest BCUT2D eigenvalue weighted by molar-refractivity contribution is 7.51. The van der Waals surface area contributed by atoms with E-state index < -0.39 is 13.9 Å². The molecule has 3 rings (SSSR count). The molecule has 258 valence electrons. The first kappa shape index (κ1) is 37.9. The number of aromatic amines is 1. The van der Waals surface area contributed by atoms with Crippen molar-refractivity contribution in [3.63, 3.8) is 0 Å². The van der Waals surface area contributed by atoms with Crippen molar-refractivity contribution >= 4 is 24.7 Å². The highest BCUT2D eigenvalue weighted by Crippen LogP contribution is 2.33. The molecule has 46 heavy (non-hydrogen) atoms. The number of H-pyrrole nitrogens is 1. The highest BCUT2D eigenvalue weighted by atomic mass is 31.2. The third kappa shape index (κ3) is 15.4. The molecule has 0 atom stereocenters. The van der Waals surface area contributed by atoms with Gasteiger partial charge in [0.15, 0.2) is 11.2 Å². The summed E-state index contributed by atoms with van der Waals surface area (Å²) in [5, 5.41) is 0. The molecule has 0 amide bonds. The minimum absolute atomic E-state index is 0.0464. The second-order valence-corrected chi connectivity index (χ2v) is 13.8. The normalized spacial score (nSPS) is 11.9. The van der Waals surface area contributed by atoms with Gasteiger partial charge in [-0.2, -0.15) is 4.98 Å². The third-order valence-corrected chi connectivity index (χ3v) is 8.59. The summed E-state index contributed by atoms with van der Waals surface area (Å²) < 4.78 is 23.8. The van der Waals surface area contributed by atoms with Crippen LogP contribution in [0.1, 0.15) is 109 Å². The monoisotopic (exact) mass is 661 g/mol. The molecular formula is C34H56N5O6P. The first-order valence-electron chi connectivity index (χ1n) is 17.3. The van der Waals surface area contributed by atoms with Gasteiger partial charge in [-0.25, -0.2) is 4.98 Å². The van der Waals surface area contributed by atoms with Gasteiger partial charge in [-0.3, -0.25) is 14.3 Å². The van der Waals surface area contributed by atoms with Crippen LogP contribution in [0, 0.1) is 0 Å². The lowest BCUT2D eigenvalue weighted by atomic mass is 10.0. The van der Waals surface area contributed by atoms with E-state index in [1.54, 1.807) is 4.57 Å². The fourth-order valence-electron chi connectivity index (χ4n) is 5.52. The lowest BCUT2D eigenvalue weighted by Gasteiger charge is -2.23. The van der Waals surface area contributed by atoms with Crippen molar-refractivity contribution in [1.29, 1.82) is 0 Å². The van der Waals surface area contributed by atoms with Gasteiger partial charge in [-0.1, -0.05) is 121 Å². The molecular weight excluding hydrogens is 605 g/mol. The Bertz CT molecular complexity index is 1330.